The third-order valence-corrected chi connectivity index (χ3v) is 4.87. The number of rotatable bonds is 6. The Kier molecular flexibility index (Phi) is 5.45. The molecule has 0 N–H and O–H groups in total. The summed E-state index contributed by atoms with van der Waals surface area (Å²) in [5.74, 6) is 0.614. The average Bonchev–Trinajstić information content (AvgIpc) is 2.94. The monoisotopic (exact) mass is 380 g/mol. The number of ether oxygens (including phenoxy) is 2. The van der Waals surface area contributed by atoms with Gasteiger partial charge in [-0.1, -0.05) is 13.8 Å². The van der Waals surface area contributed by atoms with E-state index in [-0.39, 0.29) is 5.97 Å². The summed E-state index contributed by atoms with van der Waals surface area (Å²) in [4.78, 5) is 16.4. The number of benzene rings is 1. The predicted molar refractivity (Wildman–Crippen MR) is 112 cm³/mol. The Morgan fingerprint density at radius 3 is 2.46 bits per heavy atom. The Bertz CT molecular complexity index is 988. The quantitative estimate of drug-likeness (QED) is 0.559. The molecule has 0 unspecified atom stereocenters. The number of hydrogen-bond donors (Lipinski definition) is 0. The molecule has 0 saturated heterocycles. The number of carbonyl (C=O) groups is 1. The summed E-state index contributed by atoms with van der Waals surface area (Å²) in [6.07, 6.45) is 3.62. The zero-order valence-electron chi connectivity index (χ0n) is 17.4. The average molecular weight is 380 g/mol. The largest absolute Gasteiger partial charge is 0.476 e. The molecule has 148 valence electrons. The third-order valence-electron chi connectivity index (χ3n) is 4.87. The van der Waals surface area contributed by atoms with Gasteiger partial charge in [0.2, 0.25) is 0 Å². The van der Waals surface area contributed by atoms with E-state index >= 15 is 0 Å². The summed E-state index contributed by atoms with van der Waals surface area (Å²) in [7, 11) is 2.09. The second-order valence-corrected chi connectivity index (χ2v) is 7.72. The Balaban J connectivity index is 2.15. The molecule has 0 atom stereocenters. The van der Waals surface area contributed by atoms with Crippen molar-refractivity contribution in [2.75, 3.05) is 6.61 Å². The summed E-state index contributed by atoms with van der Waals surface area (Å²) in [6, 6.07) is 10.0. The first-order valence-electron chi connectivity index (χ1n) is 9.65. The highest BCUT2D eigenvalue weighted by molar-refractivity contribution is 5.99. The van der Waals surface area contributed by atoms with Crippen LogP contribution in [0.25, 0.3) is 22.0 Å². The normalized spacial score (nSPS) is 11.8. The van der Waals surface area contributed by atoms with Crippen LogP contribution in [0.2, 0.25) is 0 Å². The van der Waals surface area contributed by atoms with E-state index in [1.807, 2.05) is 42.7 Å². The molecule has 0 amide bonds. The number of carbonyl (C=O) groups excluding carboxylic acids is 1. The van der Waals surface area contributed by atoms with E-state index in [0.717, 1.165) is 16.5 Å². The number of aromatic nitrogens is 2. The van der Waals surface area contributed by atoms with Gasteiger partial charge in [-0.3, -0.25) is 4.98 Å². The van der Waals surface area contributed by atoms with Gasteiger partial charge in [-0.2, -0.15) is 0 Å². The van der Waals surface area contributed by atoms with Crippen LogP contribution in [-0.2, 0) is 16.6 Å². The van der Waals surface area contributed by atoms with E-state index in [9.17, 15) is 4.79 Å². The SMILES string of the molecule is CCOC(=O)C(C)(C)Oc1ccc2c(c1)c(-c1ccncc1)c(C(C)C)n2C. The number of hydrogen-bond acceptors (Lipinski definition) is 4. The van der Waals surface area contributed by atoms with Crippen LogP contribution in [0, 0.1) is 0 Å². The maximum atomic E-state index is 12.2. The highest BCUT2D eigenvalue weighted by Crippen LogP contribution is 2.39. The maximum Gasteiger partial charge on any atom is 0.349 e. The van der Waals surface area contributed by atoms with Gasteiger partial charge in [-0.25, -0.2) is 4.79 Å². The molecule has 0 aliphatic heterocycles. The highest BCUT2D eigenvalue weighted by atomic mass is 16.6. The molecule has 0 aliphatic carbocycles. The molecule has 0 spiro atoms. The van der Waals surface area contributed by atoms with Gasteiger partial charge in [0.25, 0.3) is 0 Å². The van der Waals surface area contributed by atoms with Gasteiger partial charge in [-0.15, -0.1) is 0 Å². The fraction of sp³-hybridized carbons (Fsp3) is 0.391. The first kappa shape index (κ1) is 19.9. The molecule has 0 bridgehead atoms. The minimum atomic E-state index is -1.06. The van der Waals surface area contributed by atoms with Crippen LogP contribution in [0.3, 0.4) is 0 Å². The van der Waals surface area contributed by atoms with Crippen molar-refractivity contribution in [3.63, 3.8) is 0 Å². The minimum absolute atomic E-state index is 0.327. The second-order valence-electron chi connectivity index (χ2n) is 7.72. The fourth-order valence-electron chi connectivity index (χ4n) is 3.65. The molecule has 0 aliphatic rings. The van der Waals surface area contributed by atoms with Crippen LogP contribution < -0.4 is 4.74 Å². The first-order chi connectivity index (χ1) is 13.3. The molecule has 3 rings (SSSR count). The summed E-state index contributed by atoms with van der Waals surface area (Å²) in [6.45, 7) is 9.96. The van der Waals surface area contributed by atoms with Gasteiger partial charge in [0, 0.05) is 41.6 Å². The first-order valence-corrected chi connectivity index (χ1v) is 9.65. The van der Waals surface area contributed by atoms with E-state index in [1.54, 1.807) is 20.8 Å². The van der Waals surface area contributed by atoms with Crippen molar-refractivity contribution < 1.29 is 14.3 Å². The summed E-state index contributed by atoms with van der Waals surface area (Å²) >= 11 is 0. The Morgan fingerprint density at radius 2 is 1.86 bits per heavy atom. The van der Waals surface area contributed by atoms with Gasteiger partial charge in [-0.05, 0) is 62.6 Å². The molecule has 3 aromatic rings. The van der Waals surface area contributed by atoms with E-state index in [2.05, 4.69) is 30.4 Å². The molecule has 1 aromatic carbocycles. The second kappa shape index (κ2) is 7.66. The van der Waals surface area contributed by atoms with Crippen molar-refractivity contribution >= 4 is 16.9 Å². The zero-order chi connectivity index (χ0) is 20.5. The lowest BCUT2D eigenvalue weighted by molar-refractivity contribution is -0.158. The number of pyridine rings is 1. The lowest BCUT2D eigenvalue weighted by atomic mass is 9.97. The van der Waals surface area contributed by atoms with E-state index in [0.29, 0.717) is 18.3 Å². The number of esters is 1. The molecule has 0 radical (unpaired) electrons. The molecule has 0 fully saturated rings. The van der Waals surface area contributed by atoms with Gasteiger partial charge in [0.1, 0.15) is 5.75 Å². The van der Waals surface area contributed by atoms with Gasteiger partial charge >= 0.3 is 5.97 Å². The lowest BCUT2D eigenvalue weighted by Crippen LogP contribution is -2.39. The van der Waals surface area contributed by atoms with Crippen LogP contribution in [0.1, 0.15) is 46.2 Å². The number of fused-ring (bicyclic) bond motifs is 1. The summed E-state index contributed by atoms with van der Waals surface area (Å²) in [5, 5.41) is 1.09. The maximum absolute atomic E-state index is 12.2. The van der Waals surface area contributed by atoms with Crippen LogP contribution >= 0.6 is 0 Å². The van der Waals surface area contributed by atoms with Crippen molar-refractivity contribution in [3.05, 3.63) is 48.4 Å². The van der Waals surface area contributed by atoms with E-state index < -0.39 is 5.60 Å². The Labute approximate surface area is 166 Å². The van der Waals surface area contributed by atoms with Gasteiger partial charge in [0.05, 0.1) is 6.61 Å². The Morgan fingerprint density at radius 1 is 1.18 bits per heavy atom. The van der Waals surface area contributed by atoms with Crippen LogP contribution in [0.5, 0.6) is 5.75 Å². The molecule has 2 aromatic heterocycles. The van der Waals surface area contributed by atoms with E-state index in [4.69, 9.17) is 9.47 Å². The molecule has 28 heavy (non-hydrogen) atoms. The summed E-state index contributed by atoms with van der Waals surface area (Å²) in [5.41, 5.74) is 3.61. The number of aryl methyl sites for hydroxylation is 1. The van der Waals surface area contributed by atoms with Gasteiger partial charge < -0.3 is 14.0 Å². The molecule has 2 heterocycles. The van der Waals surface area contributed by atoms with Crippen LogP contribution in [0.4, 0.5) is 0 Å². The summed E-state index contributed by atoms with van der Waals surface area (Å²) < 4.78 is 13.4. The third kappa shape index (κ3) is 3.61. The number of nitrogens with zero attached hydrogens (tertiary/aromatic N) is 2. The fourth-order valence-corrected chi connectivity index (χ4v) is 3.65. The van der Waals surface area contributed by atoms with E-state index in [1.165, 1.54) is 11.3 Å². The molecular weight excluding hydrogens is 352 g/mol. The molecular formula is C23H28N2O3. The zero-order valence-corrected chi connectivity index (χ0v) is 17.4. The molecule has 5 heteroatoms. The van der Waals surface area contributed by atoms with Crippen LogP contribution in [0.15, 0.2) is 42.7 Å². The smallest absolute Gasteiger partial charge is 0.349 e. The van der Waals surface area contributed by atoms with Crippen molar-refractivity contribution in [2.45, 2.75) is 46.1 Å². The van der Waals surface area contributed by atoms with Gasteiger partial charge in [0.15, 0.2) is 5.60 Å². The van der Waals surface area contributed by atoms with Crippen molar-refractivity contribution in [2.24, 2.45) is 7.05 Å². The highest BCUT2D eigenvalue weighted by Gasteiger charge is 2.32. The molecule has 0 saturated carbocycles. The van der Waals surface area contributed by atoms with Crippen molar-refractivity contribution in [1.29, 1.82) is 0 Å². The Hall–Kier alpha value is -2.82. The minimum Gasteiger partial charge on any atom is -0.476 e. The predicted octanol–water partition coefficient (Wildman–Crippen LogP) is 5.08. The lowest BCUT2D eigenvalue weighted by Gasteiger charge is -2.24. The van der Waals surface area contributed by atoms with Crippen molar-refractivity contribution in [3.8, 4) is 16.9 Å². The molecule has 5 nitrogen and oxygen atoms in total. The van der Waals surface area contributed by atoms with Crippen LogP contribution in [-0.4, -0.2) is 27.7 Å². The topological polar surface area (TPSA) is 53.4 Å². The standard InChI is InChI=1S/C23H28N2O3/c1-7-27-22(26)23(4,5)28-17-8-9-19-18(14-17)20(16-10-12-24-13-11-16)21(15(2)3)25(19)6/h8-15H,7H2,1-6H3. The van der Waals surface area contributed by atoms with Crippen molar-refractivity contribution in [1.82, 2.24) is 9.55 Å².